The third kappa shape index (κ3) is 3.36. The summed E-state index contributed by atoms with van der Waals surface area (Å²) in [5, 5.41) is 12.8. The van der Waals surface area contributed by atoms with Crippen LogP contribution in [-0.4, -0.2) is 21.0 Å². The lowest BCUT2D eigenvalue weighted by molar-refractivity contribution is 0.239. The maximum atomic E-state index is 12.3. The van der Waals surface area contributed by atoms with E-state index in [1.807, 2.05) is 47.8 Å². The van der Waals surface area contributed by atoms with Crippen molar-refractivity contribution < 1.29 is 9.53 Å². The molecule has 0 saturated carbocycles. The maximum absolute atomic E-state index is 12.3. The van der Waals surface area contributed by atoms with Gasteiger partial charge in [0.2, 0.25) is 0 Å². The van der Waals surface area contributed by atoms with E-state index in [0.29, 0.717) is 23.3 Å². The highest BCUT2D eigenvalue weighted by Crippen LogP contribution is 2.24. The fourth-order valence-electron chi connectivity index (χ4n) is 2.39. The average molecular weight is 350 g/mol. The van der Waals surface area contributed by atoms with Gasteiger partial charge in [0, 0.05) is 10.9 Å². The van der Waals surface area contributed by atoms with Crippen LogP contribution in [0.1, 0.15) is 4.88 Å². The van der Waals surface area contributed by atoms with Crippen LogP contribution < -0.4 is 10.1 Å². The molecule has 0 radical (unpaired) electrons. The van der Waals surface area contributed by atoms with Gasteiger partial charge in [-0.15, -0.1) is 16.4 Å². The van der Waals surface area contributed by atoms with Crippen molar-refractivity contribution in [2.24, 2.45) is 0 Å². The summed E-state index contributed by atoms with van der Waals surface area (Å²) in [6.07, 6.45) is 0. The topological polar surface area (TPSA) is 69.0 Å². The molecule has 2 aromatic carbocycles. The molecule has 0 fully saturated rings. The molecule has 0 bridgehead atoms. The van der Waals surface area contributed by atoms with E-state index in [4.69, 9.17) is 4.74 Å². The van der Waals surface area contributed by atoms with Gasteiger partial charge in [-0.05, 0) is 35.7 Å². The highest BCUT2D eigenvalue weighted by Gasteiger charge is 2.12. The molecule has 1 amide bonds. The van der Waals surface area contributed by atoms with Crippen LogP contribution in [0.15, 0.2) is 66.0 Å². The van der Waals surface area contributed by atoms with Gasteiger partial charge in [-0.3, -0.25) is 0 Å². The number of amides is 1. The molecule has 0 saturated heterocycles. The number of benzene rings is 2. The van der Waals surface area contributed by atoms with Crippen molar-refractivity contribution in [1.82, 2.24) is 20.3 Å². The fourth-order valence-corrected chi connectivity index (χ4v) is 3.04. The molecule has 1 N–H and O–H groups in total. The van der Waals surface area contributed by atoms with Crippen LogP contribution in [0.2, 0.25) is 0 Å². The zero-order valence-electron chi connectivity index (χ0n) is 13.1. The van der Waals surface area contributed by atoms with E-state index >= 15 is 0 Å². The van der Waals surface area contributed by atoms with Gasteiger partial charge in [-0.2, -0.15) is 4.68 Å². The Labute approximate surface area is 147 Å². The van der Waals surface area contributed by atoms with E-state index in [2.05, 4.69) is 15.6 Å². The molecule has 0 aliphatic carbocycles. The third-order valence-electron chi connectivity index (χ3n) is 3.58. The average Bonchev–Trinajstić information content (AvgIpc) is 3.30. The van der Waals surface area contributed by atoms with Crippen LogP contribution in [0.4, 0.5) is 4.79 Å². The zero-order chi connectivity index (χ0) is 17.1. The first-order valence-corrected chi connectivity index (χ1v) is 8.56. The second-order valence-electron chi connectivity index (χ2n) is 5.30. The highest BCUT2D eigenvalue weighted by atomic mass is 32.1. The standard InChI is InChI=1S/C18H14N4O2S/c23-18(19-12-15-7-4-10-25-15)22-17-9-8-14(11-16(17)20-21-22)24-13-5-2-1-3-6-13/h1-11H,12H2,(H,19,23). The second-order valence-corrected chi connectivity index (χ2v) is 6.34. The van der Waals surface area contributed by atoms with Crippen LogP contribution in [0.25, 0.3) is 11.0 Å². The Morgan fingerprint density at radius 2 is 1.96 bits per heavy atom. The largest absolute Gasteiger partial charge is 0.457 e. The zero-order valence-corrected chi connectivity index (χ0v) is 13.9. The number of ether oxygens (including phenoxy) is 1. The van der Waals surface area contributed by atoms with Gasteiger partial charge >= 0.3 is 6.03 Å². The molecular weight excluding hydrogens is 336 g/mol. The predicted molar refractivity (Wildman–Crippen MR) is 96.0 cm³/mol. The molecule has 25 heavy (non-hydrogen) atoms. The van der Waals surface area contributed by atoms with Crippen molar-refractivity contribution in [2.45, 2.75) is 6.54 Å². The Kier molecular flexibility index (Phi) is 4.14. The first kappa shape index (κ1) is 15.3. The van der Waals surface area contributed by atoms with E-state index in [1.165, 1.54) is 4.68 Å². The molecule has 7 heteroatoms. The van der Waals surface area contributed by atoms with Crippen LogP contribution in [-0.2, 0) is 6.54 Å². The maximum Gasteiger partial charge on any atom is 0.344 e. The number of fused-ring (bicyclic) bond motifs is 1. The van der Waals surface area contributed by atoms with Crippen LogP contribution in [0.3, 0.4) is 0 Å². The summed E-state index contributed by atoms with van der Waals surface area (Å²) in [7, 11) is 0. The summed E-state index contributed by atoms with van der Waals surface area (Å²) >= 11 is 1.59. The summed E-state index contributed by atoms with van der Waals surface area (Å²) in [6, 6.07) is 18.4. The summed E-state index contributed by atoms with van der Waals surface area (Å²) < 4.78 is 7.04. The van der Waals surface area contributed by atoms with Crippen molar-refractivity contribution in [3.8, 4) is 11.5 Å². The van der Waals surface area contributed by atoms with Gasteiger partial charge in [0.1, 0.15) is 17.0 Å². The summed E-state index contributed by atoms with van der Waals surface area (Å²) in [4.78, 5) is 13.4. The molecule has 0 atom stereocenters. The molecule has 2 aromatic heterocycles. The smallest absolute Gasteiger partial charge is 0.344 e. The van der Waals surface area contributed by atoms with Crippen LogP contribution in [0.5, 0.6) is 11.5 Å². The number of carbonyl (C=O) groups is 1. The van der Waals surface area contributed by atoms with E-state index < -0.39 is 0 Å². The van der Waals surface area contributed by atoms with Crippen molar-refractivity contribution in [3.63, 3.8) is 0 Å². The molecule has 0 aliphatic heterocycles. The number of hydrogen-bond donors (Lipinski definition) is 1. The highest BCUT2D eigenvalue weighted by molar-refractivity contribution is 7.09. The first-order valence-electron chi connectivity index (χ1n) is 7.68. The normalized spacial score (nSPS) is 10.7. The molecule has 4 aromatic rings. The number of nitrogens with one attached hydrogen (secondary N) is 1. The quantitative estimate of drug-likeness (QED) is 0.603. The Morgan fingerprint density at radius 3 is 2.76 bits per heavy atom. The lowest BCUT2D eigenvalue weighted by atomic mass is 10.3. The minimum Gasteiger partial charge on any atom is -0.457 e. The lowest BCUT2D eigenvalue weighted by Gasteiger charge is -2.06. The Balaban J connectivity index is 1.52. The molecule has 0 spiro atoms. The number of nitrogens with zero attached hydrogens (tertiary/aromatic N) is 3. The molecular formula is C18H14N4O2S. The van der Waals surface area contributed by atoms with Crippen molar-refractivity contribution in [2.75, 3.05) is 0 Å². The molecule has 6 nitrogen and oxygen atoms in total. The Morgan fingerprint density at radius 1 is 1.08 bits per heavy atom. The molecule has 124 valence electrons. The van der Waals surface area contributed by atoms with E-state index in [9.17, 15) is 4.79 Å². The number of thiophene rings is 1. The van der Waals surface area contributed by atoms with Gasteiger partial charge in [0.25, 0.3) is 0 Å². The van der Waals surface area contributed by atoms with Gasteiger partial charge in [0.15, 0.2) is 0 Å². The summed E-state index contributed by atoms with van der Waals surface area (Å²) in [5.41, 5.74) is 1.23. The Bertz CT molecular complexity index is 997. The van der Waals surface area contributed by atoms with Gasteiger partial charge in [-0.1, -0.05) is 29.5 Å². The van der Waals surface area contributed by atoms with Crippen molar-refractivity contribution in [3.05, 3.63) is 70.9 Å². The molecule has 4 rings (SSSR count). The minimum absolute atomic E-state index is 0.312. The number of aromatic nitrogens is 3. The minimum atomic E-state index is -0.312. The van der Waals surface area contributed by atoms with E-state index in [0.717, 1.165) is 10.6 Å². The van der Waals surface area contributed by atoms with E-state index in [1.54, 1.807) is 29.5 Å². The van der Waals surface area contributed by atoms with Crippen molar-refractivity contribution >= 4 is 28.4 Å². The van der Waals surface area contributed by atoms with Crippen LogP contribution >= 0.6 is 11.3 Å². The fraction of sp³-hybridized carbons (Fsp3) is 0.0556. The first-order chi connectivity index (χ1) is 12.3. The monoisotopic (exact) mass is 350 g/mol. The summed E-state index contributed by atoms with van der Waals surface area (Å²) in [5.74, 6) is 1.38. The van der Waals surface area contributed by atoms with Gasteiger partial charge in [-0.25, -0.2) is 4.79 Å². The number of para-hydroxylation sites is 1. The summed E-state index contributed by atoms with van der Waals surface area (Å²) in [6.45, 7) is 0.465. The molecule has 2 heterocycles. The number of carbonyl (C=O) groups excluding carboxylic acids is 1. The lowest BCUT2D eigenvalue weighted by Crippen LogP contribution is -2.28. The second kappa shape index (κ2) is 6.74. The van der Waals surface area contributed by atoms with E-state index in [-0.39, 0.29) is 6.03 Å². The molecule has 0 unspecified atom stereocenters. The van der Waals surface area contributed by atoms with Gasteiger partial charge < -0.3 is 10.1 Å². The predicted octanol–water partition coefficient (Wildman–Crippen LogP) is 4.04. The Hall–Kier alpha value is -3.19. The van der Waals surface area contributed by atoms with Crippen LogP contribution in [0, 0.1) is 0 Å². The molecule has 0 aliphatic rings. The third-order valence-corrected chi connectivity index (χ3v) is 4.46. The SMILES string of the molecule is O=C(NCc1cccs1)n1nnc2cc(Oc3ccccc3)ccc21. The van der Waals surface area contributed by atoms with Gasteiger partial charge in [0.05, 0.1) is 12.1 Å². The van der Waals surface area contributed by atoms with Crippen molar-refractivity contribution in [1.29, 1.82) is 0 Å². The number of hydrogen-bond acceptors (Lipinski definition) is 5. The number of rotatable bonds is 4.